The molecular weight excluding hydrogens is 364 g/mol. The first-order chi connectivity index (χ1) is 13.6. The third kappa shape index (κ3) is 3.40. The lowest BCUT2D eigenvalue weighted by Gasteiger charge is -2.17. The minimum atomic E-state index is -1.32. The molecule has 3 heterocycles. The fourth-order valence-electron chi connectivity index (χ4n) is 3.48. The van der Waals surface area contributed by atoms with Crippen molar-refractivity contribution in [3.8, 4) is 0 Å². The van der Waals surface area contributed by atoms with E-state index in [1.807, 2.05) is 24.4 Å². The van der Waals surface area contributed by atoms with Crippen LogP contribution in [0, 0.1) is 0 Å². The molecule has 0 unspecified atom stereocenters. The van der Waals surface area contributed by atoms with E-state index in [0.717, 1.165) is 21.9 Å². The molecule has 1 aliphatic heterocycles. The number of aromatic nitrogens is 3. The molecule has 0 radical (unpaired) electrons. The zero-order chi connectivity index (χ0) is 19.7. The molecule has 148 valence electrons. The molecule has 5 N–H and O–H groups in total. The van der Waals surface area contributed by atoms with Gasteiger partial charge in [0.15, 0.2) is 6.23 Å². The van der Waals surface area contributed by atoms with Gasteiger partial charge in [-0.05, 0) is 24.1 Å². The highest BCUT2D eigenvalue weighted by atomic mass is 16.6. The van der Waals surface area contributed by atoms with Gasteiger partial charge in [-0.15, -0.1) is 0 Å². The standard InChI is InChI=1S/C19H22N4O5/c24-10-14-16(25)17(26)18(28-14)23-8-6-15(22-19(23)27)20-7-5-11-9-21-13-4-2-1-3-12(11)13/h1-4,6,8-9,14,16-18,21,24-26H,5,7,10H2,(H,20,22,27)/t14-,16+,17+,18+/m0/s1. The van der Waals surface area contributed by atoms with Crippen LogP contribution >= 0.6 is 0 Å². The number of fused-ring (bicyclic) bond motifs is 1. The van der Waals surface area contributed by atoms with Gasteiger partial charge in [0.05, 0.1) is 6.61 Å². The Labute approximate surface area is 160 Å². The van der Waals surface area contributed by atoms with Gasteiger partial charge < -0.3 is 30.4 Å². The molecule has 0 spiro atoms. The Bertz CT molecular complexity index is 1020. The SMILES string of the molecule is O=c1nc(NCCc2c[nH]c3ccccc23)ccn1[C@@H]1O[C@@H](CO)[C@@H](O)[C@H]1O. The van der Waals surface area contributed by atoms with Gasteiger partial charge in [-0.3, -0.25) is 4.57 Å². The Hall–Kier alpha value is -2.72. The molecule has 1 aromatic carbocycles. The minimum Gasteiger partial charge on any atom is -0.394 e. The van der Waals surface area contributed by atoms with Crippen LogP contribution < -0.4 is 11.0 Å². The predicted molar refractivity (Wildman–Crippen MR) is 102 cm³/mol. The van der Waals surface area contributed by atoms with E-state index in [1.54, 1.807) is 6.07 Å². The molecule has 4 rings (SSSR count). The topological polar surface area (TPSA) is 133 Å². The lowest BCUT2D eigenvalue weighted by molar-refractivity contribution is -0.0549. The highest BCUT2D eigenvalue weighted by Gasteiger charge is 2.43. The number of benzene rings is 1. The van der Waals surface area contributed by atoms with Gasteiger partial charge in [-0.2, -0.15) is 4.98 Å². The van der Waals surface area contributed by atoms with Crippen LogP contribution in [0.1, 0.15) is 11.8 Å². The predicted octanol–water partition coefficient (Wildman–Crippen LogP) is -0.00930. The third-order valence-electron chi connectivity index (χ3n) is 5.00. The number of para-hydroxylation sites is 1. The van der Waals surface area contributed by atoms with E-state index in [-0.39, 0.29) is 0 Å². The van der Waals surface area contributed by atoms with Crippen molar-refractivity contribution in [2.45, 2.75) is 31.0 Å². The van der Waals surface area contributed by atoms with E-state index < -0.39 is 36.8 Å². The monoisotopic (exact) mass is 386 g/mol. The Morgan fingerprint density at radius 1 is 1.21 bits per heavy atom. The Balaban J connectivity index is 1.42. The molecule has 9 heteroatoms. The summed E-state index contributed by atoms with van der Waals surface area (Å²) < 4.78 is 6.47. The molecule has 1 aliphatic rings. The number of hydrogen-bond acceptors (Lipinski definition) is 7. The highest BCUT2D eigenvalue weighted by Crippen LogP contribution is 2.28. The maximum Gasteiger partial charge on any atom is 0.351 e. The first-order valence-electron chi connectivity index (χ1n) is 9.09. The Morgan fingerprint density at radius 2 is 2.04 bits per heavy atom. The van der Waals surface area contributed by atoms with E-state index in [9.17, 15) is 15.0 Å². The minimum absolute atomic E-state index is 0.410. The van der Waals surface area contributed by atoms with E-state index in [1.165, 1.54) is 11.8 Å². The van der Waals surface area contributed by atoms with Crippen LogP contribution in [0.25, 0.3) is 10.9 Å². The van der Waals surface area contributed by atoms with Crippen molar-refractivity contribution < 1.29 is 20.1 Å². The number of nitrogens with one attached hydrogen (secondary N) is 2. The molecule has 9 nitrogen and oxygen atoms in total. The summed E-state index contributed by atoms with van der Waals surface area (Å²) in [6, 6.07) is 9.65. The molecule has 2 aromatic heterocycles. The molecule has 1 fully saturated rings. The highest BCUT2D eigenvalue weighted by molar-refractivity contribution is 5.83. The number of aliphatic hydroxyl groups is 3. The lowest BCUT2D eigenvalue weighted by Crippen LogP contribution is -2.36. The molecule has 0 aliphatic carbocycles. The Morgan fingerprint density at radius 3 is 2.79 bits per heavy atom. The number of aromatic amines is 1. The number of ether oxygens (including phenoxy) is 1. The van der Waals surface area contributed by atoms with Gasteiger partial charge >= 0.3 is 5.69 Å². The summed E-state index contributed by atoms with van der Waals surface area (Å²) in [4.78, 5) is 19.5. The number of anilines is 1. The van der Waals surface area contributed by atoms with Crippen molar-refractivity contribution in [1.29, 1.82) is 0 Å². The summed E-state index contributed by atoms with van der Waals surface area (Å²) >= 11 is 0. The average molecular weight is 386 g/mol. The summed E-state index contributed by atoms with van der Waals surface area (Å²) in [6.45, 7) is 0.135. The largest absolute Gasteiger partial charge is 0.394 e. The van der Waals surface area contributed by atoms with Gasteiger partial charge in [-0.25, -0.2) is 4.79 Å². The van der Waals surface area contributed by atoms with E-state index >= 15 is 0 Å². The summed E-state index contributed by atoms with van der Waals surface area (Å²) in [6.07, 6.45) is -0.450. The van der Waals surface area contributed by atoms with Crippen molar-refractivity contribution in [2.75, 3.05) is 18.5 Å². The van der Waals surface area contributed by atoms with Crippen LogP contribution in [0.5, 0.6) is 0 Å². The maximum absolute atomic E-state index is 12.3. The van der Waals surface area contributed by atoms with Gasteiger partial charge in [0.2, 0.25) is 0 Å². The van der Waals surface area contributed by atoms with Crippen LogP contribution in [0.15, 0.2) is 47.5 Å². The average Bonchev–Trinajstić information content (AvgIpc) is 3.24. The van der Waals surface area contributed by atoms with Gasteiger partial charge in [-0.1, -0.05) is 18.2 Å². The van der Waals surface area contributed by atoms with Crippen LogP contribution in [-0.4, -0.2) is 61.3 Å². The molecule has 0 amide bonds. The number of rotatable bonds is 6. The van der Waals surface area contributed by atoms with Gasteiger partial charge in [0.25, 0.3) is 0 Å². The van der Waals surface area contributed by atoms with E-state index in [2.05, 4.69) is 21.4 Å². The normalized spacial score (nSPS) is 24.7. The van der Waals surface area contributed by atoms with Crippen LogP contribution in [0.2, 0.25) is 0 Å². The second kappa shape index (κ2) is 7.72. The molecule has 0 saturated carbocycles. The number of H-pyrrole nitrogens is 1. The lowest BCUT2D eigenvalue weighted by atomic mass is 10.1. The van der Waals surface area contributed by atoms with Crippen LogP contribution in [0.3, 0.4) is 0 Å². The van der Waals surface area contributed by atoms with Crippen LogP contribution in [0.4, 0.5) is 5.82 Å². The molecule has 1 saturated heterocycles. The van der Waals surface area contributed by atoms with Crippen molar-refractivity contribution in [3.05, 3.63) is 58.8 Å². The van der Waals surface area contributed by atoms with Crippen molar-refractivity contribution in [2.24, 2.45) is 0 Å². The first kappa shape index (κ1) is 18.6. The summed E-state index contributed by atoms with van der Waals surface area (Å²) in [5.41, 5.74) is 1.63. The maximum atomic E-state index is 12.3. The van der Waals surface area contributed by atoms with E-state index in [4.69, 9.17) is 9.84 Å². The summed E-state index contributed by atoms with van der Waals surface area (Å²) in [5.74, 6) is 0.410. The van der Waals surface area contributed by atoms with Gasteiger partial charge in [0.1, 0.15) is 24.1 Å². The Kier molecular flexibility index (Phi) is 5.14. The summed E-state index contributed by atoms with van der Waals surface area (Å²) in [5, 5.41) is 33.3. The van der Waals surface area contributed by atoms with Crippen molar-refractivity contribution >= 4 is 16.7 Å². The number of hydrogen-bond donors (Lipinski definition) is 5. The van der Waals surface area contributed by atoms with Gasteiger partial charge in [0, 0.05) is 29.8 Å². The zero-order valence-electron chi connectivity index (χ0n) is 15.0. The fraction of sp³-hybridized carbons (Fsp3) is 0.368. The smallest absolute Gasteiger partial charge is 0.351 e. The van der Waals surface area contributed by atoms with E-state index in [0.29, 0.717) is 12.4 Å². The molecule has 3 aromatic rings. The van der Waals surface area contributed by atoms with Crippen molar-refractivity contribution in [1.82, 2.24) is 14.5 Å². The van der Waals surface area contributed by atoms with Crippen LogP contribution in [-0.2, 0) is 11.2 Å². The fourth-order valence-corrected chi connectivity index (χ4v) is 3.48. The molecule has 0 bridgehead atoms. The number of nitrogens with zero attached hydrogens (tertiary/aromatic N) is 2. The number of aliphatic hydroxyl groups excluding tert-OH is 3. The quantitative estimate of drug-likeness (QED) is 0.402. The third-order valence-corrected chi connectivity index (χ3v) is 5.00. The first-order valence-corrected chi connectivity index (χ1v) is 9.09. The summed E-state index contributed by atoms with van der Waals surface area (Å²) in [7, 11) is 0. The zero-order valence-corrected chi connectivity index (χ0v) is 15.0. The molecular formula is C19H22N4O5. The molecule has 4 atom stereocenters. The van der Waals surface area contributed by atoms with Crippen molar-refractivity contribution in [3.63, 3.8) is 0 Å². The molecule has 28 heavy (non-hydrogen) atoms. The second-order valence-electron chi connectivity index (χ2n) is 6.77. The second-order valence-corrected chi connectivity index (χ2v) is 6.77.